The molecule has 1 aromatic heterocycles. The van der Waals surface area contributed by atoms with Crippen molar-refractivity contribution in [1.82, 2.24) is 9.58 Å². The molecule has 0 fully saturated rings. The van der Waals surface area contributed by atoms with Crippen LogP contribution in [0.1, 0.15) is 28.1 Å². The maximum atomic E-state index is 6.38. The molecule has 2 heterocycles. The number of benzene rings is 2. The van der Waals surface area contributed by atoms with E-state index in [0.717, 1.165) is 33.8 Å². The van der Waals surface area contributed by atoms with Crippen LogP contribution in [-0.2, 0) is 13.1 Å². The number of aryl methyl sites for hydroxylation is 1. The van der Waals surface area contributed by atoms with Gasteiger partial charge in [-0.15, -0.1) is 0 Å². The molecule has 3 aromatic rings. The molecule has 0 amide bonds. The smallest absolute Gasteiger partial charge is 0.180 e. The molecule has 154 valence electrons. The normalized spacial score (nSPS) is 15.5. The van der Waals surface area contributed by atoms with Crippen molar-refractivity contribution < 1.29 is 0 Å². The van der Waals surface area contributed by atoms with Crippen LogP contribution in [0.4, 0.5) is 0 Å². The van der Waals surface area contributed by atoms with Crippen molar-refractivity contribution in [2.45, 2.75) is 26.9 Å². The Balaban J connectivity index is 1.54. The van der Waals surface area contributed by atoms with Crippen LogP contribution in [0.15, 0.2) is 70.8 Å². The van der Waals surface area contributed by atoms with Crippen molar-refractivity contribution >= 4 is 34.2 Å². The highest BCUT2D eigenvalue weighted by molar-refractivity contribution is 8.14. The summed E-state index contributed by atoms with van der Waals surface area (Å²) < 4.78 is 2.31. The number of nitrogens with zero attached hydrogens (tertiary/aromatic N) is 4. The molecule has 1 aliphatic rings. The second kappa shape index (κ2) is 9.11. The molecule has 0 atom stereocenters. The first-order valence-electron chi connectivity index (χ1n) is 9.96. The van der Waals surface area contributed by atoms with Gasteiger partial charge in [-0.2, -0.15) is 5.10 Å². The molecule has 0 spiro atoms. The molecule has 4 nitrogen and oxygen atoms in total. The molecule has 0 aliphatic carbocycles. The van der Waals surface area contributed by atoms with Gasteiger partial charge in [-0.1, -0.05) is 71.9 Å². The van der Waals surface area contributed by atoms with Gasteiger partial charge in [0.15, 0.2) is 5.17 Å². The van der Waals surface area contributed by atoms with Crippen LogP contribution in [0, 0.1) is 13.8 Å². The molecule has 0 saturated carbocycles. The van der Waals surface area contributed by atoms with Crippen molar-refractivity contribution in [3.63, 3.8) is 0 Å². The third-order valence-corrected chi connectivity index (χ3v) is 6.73. The van der Waals surface area contributed by atoms with Crippen molar-refractivity contribution in [3.8, 4) is 0 Å². The number of hydrogen-bond acceptors (Lipinski definition) is 3. The summed E-state index contributed by atoms with van der Waals surface area (Å²) in [4.78, 5) is 4.75. The highest BCUT2D eigenvalue weighted by Gasteiger charge is 2.21. The maximum absolute atomic E-state index is 6.38. The van der Waals surface area contributed by atoms with E-state index in [0.29, 0.717) is 6.54 Å². The zero-order chi connectivity index (χ0) is 21.1. The first-order chi connectivity index (χ1) is 14.5. The Morgan fingerprint density at radius 2 is 1.80 bits per heavy atom. The summed E-state index contributed by atoms with van der Waals surface area (Å²) in [6.45, 7) is 5.73. The molecule has 2 aromatic carbocycles. The van der Waals surface area contributed by atoms with Gasteiger partial charge in [0.05, 0.1) is 12.3 Å². The van der Waals surface area contributed by atoms with Crippen molar-refractivity contribution in [1.29, 1.82) is 0 Å². The largest absolute Gasteiger partial charge is 0.344 e. The number of amidine groups is 1. The van der Waals surface area contributed by atoms with E-state index in [-0.39, 0.29) is 0 Å². The Bertz CT molecular complexity index is 1100. The lowest BCUT2D eigenvalue weighted by molar-refractivity contribution is 0.550. The van der Waals surface area contributed by atoms with Gasteiger partial charge in [-0.05, 0) is 37.1 Å². The summed E-state index contributed by atoms with van der Waals surface area (Å²) in [5.74, 6) is 0.814. The quantitative estimate of drug-likeness (QED) is 0.510. The molecule has 4 rings (SSSR count). The van der Waals surface area contributed by atoms with Crippen LogP contribution in [0.5, 0.6) is 0 Å². The number of rotatable bonds is 5. The van der Waals surface area contributed by atoms with E-state index in [1.54, 1.807) is 11.8 Å². The topological polar surface area (TPSA) is 32.9 Å². The zero-order valence-corrected chi connectivity index (χ0v) is 19.0. The van der Waals surface area contributed by atoms with Crippen LogP contribution in [0.3, 0.4) is 0 Å². The third-order valence-electron chi connectivity index (χ3n) is 5.30. The van der Waals surface area contributed by atoms with Gasteiger partial charge >= 0.3 is 0 Å². The Morgan fingerprint density at radius 1 is 1.07 bits per heavy atom. The third kappa shape index (κ3) is 4.47. The van der Waals surface area contributed by atoms with E-state index in [1.165, 1.54) is 22.5 Å². The average molecular weight is 437 g/mol. The Hall–Kier alpha value is -2.50. The summed E-state index contributed by atoms with van der Waals surface area (Å²) in [5, 5.41) is 8.49. The average Bonchev–Trinajstić information content (AvgIpc) is 3.03. The zero-order valence-electron chi connectivity index (χ0n) is 17.5. The van der Waals surface area contributed by atoms with Crippen LogP contribution in [-0.4, -0.2) is 33.3 Å². The minimum Gasteiger partial charge on any atom is -0.344 e. The van der Waals surface area contributed by atoms with Crippen molar-refractivity contribution in [2.24, 2.45) is 10.1 Å². The molecule has 30 heavy (non-hydrogen) atoms. The van der Waals surface area contributed by atoms with Crippen LogP contribution in [0.2, 0.25) is 5.02 Å². The number of thioether (sulfide) groups is 1. The maximum Gasteiger partial charge on any atom is 0.180 e. The monoisotopic (exact) mass is 436 g/mol. The summed E-state index contributed by atoms with van der Waals surface area (Å²) in [6.07, 6.45) is 0. The van der Waals surface area contributed by atoms with Crippen molar-refractivity contribution in [2.75, 3.05) is 12.8 Å². The number of aromatic nitrogens is 1. The van der Waals surface area contributed by atoms with E-state index >= 15 is 0 Å². The van der Waals surface area contributed by atoms with Crippen LogP contribution < -0.4 is 0 Å². The van der Waals surface area contributed by atoms with Crippen LogP contribution in [0.25, 0.3) is 0 Å². The predicted molar refractivity (Wildman–Crippen MR) is 129 cm³/mol. The summed E-state index contributed by atoms with van der Waals surface area (Å²) in [6, 6.07) is 20.6. The number of halogens is 1. The lowest BCUT2D eigenvalue weighted by atomic mass is 10.1. The summed E-state index contributed by atoms with van der Waals surface area (Å²) >= 11 is 8.12. The summed E-state index contributed by atoms with van der Waals surface area (Å²) in [7, 11) is 1.97. The lowest BCUT2D eigenvalue weighted by Crippen LogP contribution is -2.28. The Kier molecular flexibility index (Phi) is 6.30. The fraction of sp³-hybridized carbons (Fsp3) is 0.250. The SMILES string of the molecule is Cc1cc(C2=NN(C)C(=NCc3ccccc3)SC2)c(C)n1Cc1ccccc1Cl. The second-order valence-electron chi connectivity index (χ2n) is 7.41. The van der Waals surface area contributed by atoms with Gasteiger partial charge in [-0.3, -0.25) is 4.99 Å². The Morgan fingerprint density at radius 3 is 2.53 bits per heavy atom. The van der Waals surface area contributed by atoms with E-state index in [1.807, 2.05) is 48.5 Å². The first kappa shape index (κ1) is 20.8. The first-order valence-corrected chi connectivity index (χ1v) is 11.3. The fourth-order valence-corrected chi connectivity index (χ4v) is 4.69. The van der Waals surface area contributed by atoms with Gasteiger partial charge < -0.3 is 4.57 Å². The van der Waals surface area contributed by atoms with Gasteiger partial charge in [0.1, 0.15) is 0 Å². The highest BCUT2D eigenvalue weighted by Crippen LogP contribution is 2.25. The summed E-state index contributed by atoms with van der Waals surface area (Å²) in [5.41, 5.74) is 7.03. The Labute approximate surface area is 187 Å². The number of hydrogen-bond donors (Lipinski definition) is 0. The standard InChI is InChI=1S/C24H25ClN4S/c1-17-13-21(18(2)29(17)15-20-11-7-8-12-22(20)25)23-16-30-24(28(3)27-23)26-14-19-9-5-4-6-10-19/h4-13H,14-16H2,1-3H3. The minimum absolute atomic E-state index is 0.671. The molecule has 0 radical (unpaired) electrons. The fourth-order valence-electron chi connectivity index (χ4n) is 3.63. The number of aliphatic imine (C=N–C) groups is 1. The molecular weight excluding hydrogens is 412 g/mol. The van der Waals surface area contributed by atoms with Gasteiger partial charge in [0.2, 0.25) is 0 Å². The van der Waals surface area contributed by atoms with Crippen molar-refractivity contribution in [3.05, 3.63) is 93.8 Å². The van der Waals surface area contributed by atoms with Gasteiger partial charge in [0.25, 0.3) is 0 Å². The lowest BCUT2D eigenvalue weighted by Gasteiger charge is -2.23. The molecule has 0 saturated heterocycles. The molecular formula is C24H25ClN4S. The van der Waals surface area contributed by atoms with Gasteiger partial charge in [0, 0.05) is 41.3 Å². The molecule has 6 heteroatoms. The predicted octanol–water partition coefficient (Wildman–Crippen LogP) is 5.75. The molecule has 1 aliphatic heterocycles. The van der Waals surface area contributed by atoms with E-state index in [4.69, 9.17) is 21.7 Å². The minimum atomic E-state index is 0.671. The van der Waals surface area contributed by atoms with Gasteiger partial charge in [-0.25, -0.2) is 5.01 Å². The second-order valence-corrected chi connectivity index (χ2v) is 8.76. The highest BCUT2D eigenvalue weighted by atomic mass is 35.5. The van der Waals surface area contributed by atoms with E-state index < -0.39 is 0 Å². The molecule has 0 unspecified atom stereocenters. The number of hydrazone groups is 1. The molecule has 0 N–H and O–H groups in total. The van der Waals surface area contributed by atoms with E-state index in [9.17, 15) is 0 Å². The van der Waals surface area contributed by atoms with E-state index in [2.05, 4.69) is 42.7 Å². The molecule has 0 bridgehead atoms. The van der Waals surface area contributed by atoms with Crippen LogP contribution >= 0.6 is 23.4 Å².